The van der Waals surface area contributed by atoms with Crippen molar-refractivity contribution in [2.24, 2.45) is 5.41 Å². The second-order valence-electron chi connectivity index (χ2n) is 10.7. The first-order chi connectivity index (χ1) is 16.0. The van der Waals surface area contributed by atoms with E-state index in [1.165, 1.54) is 18.2 Å². The van der Waals surface area contributed by atoms with Crippen LogP contribution in [0.15, 0.2) is 42.7 Å². The monoisotopic (exact) mass is 515 g/mol. The first-order valence-electron chi connectivity index (χ1n) is 11.1. The number of hydrogen-bond acceptors (Lipinski definition) is 2. The van der Waals surface area contributed by atoms with Crippen LogP contribution in [-0.2, 0) is 23.7 Å². The molecule has 2 aromatic heterocycles. The van der Waals surface area contributed by atoms with Crippen molar-refractivity contribution in [3.05, 3.63) is 54.0 Å². The van der Waals surface area contributed by atoms with E-state index in [2.05, 4.69) is 9.71 Å². The summed E-state index contributed by atoms with van der Waals surface area (Å²) >= 11 is 0. The van der Waals surface area contributed by atoms with E-state index in [9.17, 15) is 26.2 Å². The summed E-state index contributed by atoms with van der Waals surface area (Å²) in [7, 11) is -1.76. The van der Waals surface area contributed by atoms with Gasteiger partial charge in [0.25, 0.3) is 6.43 Å². The number of hydrogen-bond donors (Lipinski definition) is 1. The molecule has 0 aliphatic carbocycles. The average molecular weight is 516 g/mol. The van der Waals surface area contributed by atoms with Crippen LogP contribution in [0, 0.1) is 5.41 Å². The highest BCUT2D eigenvalue weighted by atomic mass is 32.2. The molecule has 0 radical (unpaired) electrons. The highest BCUT2D eigenvalue weighted by Gasteiger charge is 2.36. The summed E-state index contributed by atoms with van der Waals surface area (Å²) in [6.45, 7) is 11.4. The molecule has 0 spiro atoms. The lowest BCUT2D eigenvalue weighted by molar-refractivity contribution is -0.140. The van der Waals surface area contributed by atoms with E-state index in [-0.39, 0.29) is 22.1 Å². The van der Waals surface area contributed by atoms with E-state index < -0.39 is 40.1 Å². The fraction of sp³-hybridized carbons (Fsp3) is 0.480. The lowest BCUT2D eigenvalue weighted by atomic mass is 9.96. The number of nitrogens with one attached hydrogen (secondary N) is 1. The van der Waals surface area contributed by atoms with E-state index in [1.807, 2.05) is 20.8 Å². The molecule has 10 heteroatoms. The number of aromatic nitrogens is 2. The van der Waals surface area contributed by atoms with Crippen molar-refractivity contribution in [1.82, 2.24) is 14.3 Å². The van der Waals surface area contributed by atoms with Crippen LogP contribution in [0.1, 0.15) is 58.8 Å². The molecule has 1 aromatic carbocycles. The van der Waals surface area contributed by atoms with Gasteiger partial charge in [-0.15, -0.1) is 0 Å². The standard InChI is InChI=1S/C25H30F5N3OS/c1-23(2,3)14-33-13-18(20(22(26)27)32-35(34)24(4,5)6)17-10-9-15(12-19(17)33)16-8-7-11-31-21(16)25(28,29)30/h7-13,20,22,32H,14H2,1-6H3/t20-,35?/m0/s1. The third-order valence-corrected chi connectivity index (χ3v) is 6.90. The van der Waals surface area contributed by atoms with Crippen LogP contribution in [0.2, 0.25) is 0 Å². The zero-order chi connectivity index (χ0) is 26.3. The molecular weight excluding hydrogens is 485 g/mol. The Morgan fingerprint density at radius 2 is 1.71 bits per heavy atom. The van der Waals surface area contributed by atoms with Crippen LogP contribution in [0.25, 0.3) is 22.0 Å². The highest BCUT2D eigenvalue weighted by molar-refractivity contribution is 7.84. The van der Waals surface area contributed by atoms with Gasteiger partial charge in [0.15, 0.2) is 5.69 Å². The molecule has 3 aromatic rings. The Kier molecular flexibility index (Phi) is 7.49. The van der Waals surface area contributed by atoms with Crippen LogP contribution < -0.4 is 4.72 Å². The van der Waals surface area contributed by atoms with E-state index in [0.717, 1.165) is 6.20 Å². The topological polar surface area (TPSA) is 46.9 Å². The summed E-state index contributed by atoms with van der Waals surface area (Å²) in [6, 6.07) is 5.83. The molecular formula is C25H30F5N3OS. The summed E-state index contributed by atoms with van der Waals surface area (Å²) in [6.07, 6.45) is -4.84. The SMILES string of the molecule is CC(C)(C)Cn1cc([C@H](NS(=O)C(C)(C)C)C(F)F)c2ccc(-c3cccnc3C(F)(F)F)cc21. The summed E-state index contributed by atoms with van der Waals surface area (Å²) < 4.78 is 85.3. The highest BCUT2D eigenvalue weighted by Crippen LogP contribution is 2.39. The number of nitrogens with zero attached hydrogens (tertiary/aromatic N) is 2. The lowest BCUT2D eigenvalue weighted by Crippen LogP contribution is -2.38. The predicted molar refractivity (Wildman–Crippen MR) is 129 cm³/mol. The first-order valence-corrected chi connectivity index (χ1v) is 12.3. The minimum atomic E-state index is -4.65. The number of fused-ring (bicyclic) bond motifs is 1. The number of halogens is 5. The molecule has 2 heterocycles. The van der Waals surface area contributed by atoms with E-state index in [4.69, 9.17) is 0 Å². The van der Waals surface area contributed by atoms with Gasteiger partial charge in [-0.25, -0.2) is 17.7 Å². The third kappa shape index (κ3) is 6.27. The Labute approximate surface area is 204 Å². The molecule has 0 saturated carbocycles. The van der Waals surface area contributed by atoms with Crippen molar-refractivity contribution in [2.75, 3.05) is 0 Å². The summed E-state index contributed by atoms with van der Waals surface area (Å²) in [5.74, 6) is 0. The van der Waals surface area contributed by atoms with Crippen molar-refractivity contribution in [2.45, 2.75) is 71.5 Å². The molecule has 4 nitrogen and oxygen atoms in total. The molecule has 0 amide bonds. The normalized spacial score (nSPS) is 15.1. The molecule has 0 fully saturated rings. The smallest absolute Gasteiger partial charge is 0.347 e. The molecule has 35 heavy (non-hydrogen) atoms. The molecule has 0 bridgehead atoms. The zero-order valence-electron chi connectivity index (χ0n) is 20.5. The van der Waals surface area contributed by atoms with Crippen molar-refractivity contribution in [3.8, 4) is 11.1 Å². The fourth-order valence-electron chi connectivity index (χ4n) is 3.78. The number of rotatable bonds is 6. The zero-order valence-corrected chi connectivity index (χ0v) is 21.3. The van der Waals surface area contributed by atoms with Gasteiger partial charge in [-0.3, -0.25) is 4.98 Å². The van der Waals surface area contributed by atoms with Crippen molar-refractivity contribution >= 4 is 21.9 Å². The van der Waals surface area contributed by atoms with Crippen LogP contribution >= 0.6 is 0 Å². The number of pyridine rings is 1. The lowest BCUT2D eigenvalue weighted by Gasteiger charge is -2.24. The van der Waals surface area contributed by atoms with Crippen LogP contribution in [0.3, 0.4) is 0 Å². The molecule has 0 saturated heterocycles. The van der Waals surface area contributed by atoms with Gasteiger partial charge in [0.05, 0.1) is 15.7 Å². The molecule has 192 valence electrons. The van der Waals surface area contributed by atoms with Gasteiger partial charge in [0.1, 0.15) is 6.04 Å². The maximum Gasteiger partial charge on any atom is 0.433 e. The fourth-order valence-corrected chi connectivity index (χ4v) is 4.60. The van der Waals surface area contributed by atoms with Gasteiger partial charge in [0, 0.05) is 41.0 Å². The van der Waals surface area contributed by atoms with Crippen molar-refractivity contribution in [1.29, 1.82) is 0 Å². The largest absolute Gasteiger partial charge is 0.433 e. The van der Waals surface area contributed by atoms with Crippen molar-refractivity contribution < 1.29 is 26.2 Å². The first kappa shape index (κ1) is 27.3. The molecule has 0 aliphatic heterocycles. The molecule has 3 rings (SSSR count). The van der Waals surface area contributed by atoms with Crippen LogP contribution in [0.4, 0.5) is 22.0 Å². The summed E-state index contributed by atoms with van der Waals surface area (Å²) in [5, 5.41) is 0.458. The van der Waals surface area contributed by atoms with Gasteiger partial charge in [-0.1, -0.05) is 39.0 Å². The molecule has 2 atom stereocenters. The summed E-state index contributed by atoms with van der Waals surface area (Å²) in [4.78, 5) is 3.53. The van der Waals surface area contributed by atoms with E-state index >= 15 is 0 Å². The maximum atomic E-state index is 14.2. The van der Waals surface area contributed by atoms with Crippen LogP contribution in [0.5, 0.6) is 0 Å². The number of benzene rings is 1. The second-order valence-corrected chi connectivity index (χ2v) is 12.7. The minimum absolute atomic E-state index is 0.0932. The van der Waals surface area contributed by atoms with Gasteiger partial charge in [-0.2, -0.15) is 13.2 Å². The quantitative estimate of drug-likeness (QED) is 0.355. The Bertz CT molecular complexity index is 1220. The average Bonchev–Trinajstić information content (AvgIpc) is 3.06. The minimum Gasteiger partial charge on any atom is -0.347 e. The van der Waals surface area contributed by atoms with Crippen molar-refractivity contribution in [3.63, 3.8) is 0 Å². The van der Waals surface area contributed by atoms with Gasteiger partial charge < -0.3 is 4.57 Å². The molecule has 1 unspecified atom stereocenters. The number of alkyl halides is 5. The van der Waals surface area contributed by atoms with Gasteiger partial charge in [0.2, 0.25) is 0 Å². The Morgan fingerprint density at radius 3 is 2.26 bits per heavy atom. The molecule has 0 aliphatic rings. The van der Waals surface area contributed by atoms with E-state index in [1.54, 1.807) is 43.7 Å². The third-order valence-electron chi connectivity index (χ3n) is 5.32. The summed E-state index contributed by atoms with van der Waals surface area (Å²) in [5.41, 5.74) is -0.320. The Balaban J connectivity index is 2.22. The predicted octanol–water partition coefficient (Wildman–Crippen LogP) is 7.13. The van der Waals surface area contributed by atoms with Crippen LogP contribution in [-0.4, -0.2) is 24.9 Å². The maximum absolute atomic E-state index is 14.2. The van der Waals surface area contributed by atoms with Gasteiger partial charge >= 0.3 is 6.18 Å². The van der Waals surface area contributed by atoms with E-state index in [0.29, 0.717) is 17.4 Å². The molecule has 1 N–H and O–H groups in total. The van der Waals surface area contributed by atoms with Gasteiger partial charge in [-0.05, 0) is 43.9 Å². The second kappa shape index (κ2) is 9.61. The Hall–Kier alpha value is -2.33. The Morgan fingerprint density at radius 1 is 1.06 bits per heavy atom.